The summed E-state index contributed by atoms with van der Waals surface area (Å²) < 4.78 is 0. The average molecular weight is 336 g/mol. The number of para-hydroxylation sites is 1. The fourth-order valence-electron chi connectivity index (χ4n) is 3.39. The first-order valence-corrected chi connectivity index (χ1v) is 8.15. The molecule has 1 aliphatic heterocycles. The van der Waals surface area contributed by atoms with Crippen LogP contribution in [0.2, 0.25) is 0 Å². The number of nitrogens with zero attached hydrogens (tertiary/aromatic N) is 1. The van der Waals surface area contributed by atoms with Crippen LogP contribution in [-0.4, -0.2) is 34.9 Å². The van der Waals surface area contributed by atoms with E-state index in [1.807, 2.05) is 29.3 Å². The van der Waals surface area contributed by atoms with Gasteiger partial charge in [-0.25, -0.2) is 0 Å². The SMILES string of the molecule is CC(C)C1CCN(C(=O)[C@@H](N)Cc2c[nH]c3ccccc23)C1.Cl. The number of H-pyrrole nitrogens is 1. The number of nitrogens with one attached hydrogen (secondary N) is 1. The lowest BCUT2D eigenvalue weighted by Gasteiger charge is -2.21. The molecular formula is C18H26ClN3O. The van der Waals surface area contributed by atoms with Crippen molar-refractivity contribution in [2.24, 2.45) is 17.6 Å². The van der Waals surface area contributed by atoms with Crippen LogP contribution in [0.4, 0.5) is 0 Å². The minimum absolute atomic E-state index is 0. The number of carbonyl (C=O) groups excluding carboxylic acids is 1. The first-order chi connectivity index (χ1) is 10.6. The zero-order chi connectivity index (χ0) is 15.7. The number of amides is 1. The molecule has 1 aromatic heterocycles. The molecule has 0 bridgehead atoms. The van der Waals surface area contributed by atoms with E-state index in [2.05, 4.69) is 24.9 Å². The molecule has 0 saturated carbocycles. The molecule has 5 heteroatoms. The van der Waals surface area contributed by atoms with E-state index >= 15 is 0 Å². The molecule has 4 nitrogen and oxygen atoms in total. The summed E-state index contributed by atoms with van der Waals surface area (Å²) in [6, 6.07) is 7.68. The third-order valence-electron chi connectivity index (χ3n) is 4.91. The van der Waals surface area contributed by atoms with Crippen LogP contribution in [-0.2, 0) is 11.2 Å². The minimum Gasteiger partial charge on any atom is -0.361 e. The van der Waals surface area contributed by atoms with Gasteiger partial charge in [0.15, 0.2) is 0 Å². The van der Waals surface area contributed by atoms with Crippen LogP contribution in [0.3, 0.4) is 0 Å². The van der Waals surface area contributed by atoms with Crippen molar-refractivity contribution >= 4 is 29.2 Å². The van der Waals surface area contributed by atoms with E-state index in [0.717, 1.165) is 36.0 Å². The number of hydrogen-bond donors (Lipinski definition) is 2. The lowest BCUT2D eigenvalue weighted by atomic mass is 9.95. The lowest BCUT2D eigenvalue weighted by molar-refractivity contribution is -0.131. The van der Waals surface area contributed by atoms with Crippen molar-refractivity contribution in [3.63, 3.8) is 0 Å². The molecule has 3 rings (SSSR count). The Labute approximate surface area is 143 Å². The number of carbonyl (C=O) groups is 1. The van der Waals surface area contributed by atoms with Crippen LogP contribution in [0.25, 0.3) is 10.9 Å². The first-order valence-electron chi connectivity index (χ1n) is 8.15. The van der Waals surface area contributed by atoms with Crippen molar-refractivity contribution in [2.45, 2.75) is 32.7 Å². The van der Waals surface area contributed by atoms with E-state index < -0.39 is 6.04 Å². The van der Waals surface area contributed by atoms with E-state index in [4.69, 9.17) is 5.73 Å². The summed E-state index contributed by atoms with van der Waals surface area (Å²) in [5.41, 5.74) is 8.41. The van der Waals surface area contributed by atoms with Gasteiger partial charge >= 0.3 is 0 Å². The highest BCUT2D eigenvalue weighted by Gasteiger charge is 2.30. The van der Waals surface area contributed by atoms with Crippen LogP contribution in [0, 0.1) is 11.8 Å². The number of benzene rings is 1. The van der Waals surface area contributed by atoms with Crippen molar-refractivity contribution in [2.75, 3.05) is 13.1 Å². The summed E-state index contributed by atoms with van der Waals surface area (Å²) in [7, 11) is 0. The van der Waals surface area contributed by atoms with Crippen LogP contribution in [0.1, 0.15) is 25.8 Å². The molecule has 2 atom stereocenters. The number of rotatable bonds is 4. The van der Waals surface area contributed by atoms with E-state index in [-0.39, 0.29) is 18.3 Å². The summed E-state index contributed by atoms with van der Waals surface area (Å²) in [5.74, 6) is 1.33. The van der Waals surface area contributed by atoms with Crippen molar-refractivity contribution in [1.29, 1.82) is 0 Å². The van der Waals surface area contributed by atoms with Crippen LogP contribution >= 0.6 is 12.4 Å². The largest absolute Gasteiger partial charge is 0.361 e. The van der Waals surface area contributed by atoms with Crippen molar-refractivity contribution in [3.05, 3.63) is 36.0 Å². The Hall–Kier alpha value is -1.52. The molecule has 1 unspecified atom stereocenters. The molecule has 2 heterocycles. The van der Waals surface area contributed by atoms with Crippen molar-refractivity contribution in [1.82, 2.24) is 9.88 Å². The minimum atomic E-state index is -0.454. The van der Waals surface area contributed by atoms with E-state index in [9.17, 15) is 4.79 Å². The van der Waals surface area contributed by atoms with Crippen LogP contribution in [0.5, 0.6) is 0 Å². The maximum absolute atomic E-state index is 12.6. The lowest BCUT2D eigenvalue weighted by Crippen LogP contribution is -2.44. The topological polar surface area (TPSA) is 62.1 Å². The van der Waals surface area contributed by atoms with Gasteiger partial charge in [0, 0.05) is 30.2 Å². The maximum atomic E-state index is 12.6. The average Bonchev–Trinajstić information content (AvgIpc) is 3.14. The fraction of sp³-hybridized carbons (Fsp3) is 0.500. The molecule has 1 aromatic carbocycles. The molecule has 0 radical (unpaired) electrons. The van der Waals surface area contributed by atoms with E-state index in [1.54, 1.807) is 0 Å². The van der Waals surface area contributed by atoms with Gasteiger partial charge in [-0.1, -0.05) is 32.0 Å². The number of likely N-dealkylation sites (tertiary alicyclic amines) is 1. The Morgan fingerprint density at radius 3 is 2.83 bits per heavy atom. The van der Waals surface area contributed by atoms with Gasteiger partial charge in [-0.3, -0.25) is 4.79 Å². The number of aromatic amines is 1. The molecular weight excluding hydrogens is 310 g/mol. The van der Waals surface area contributed by atoms with Gasteiger partial charge in [0.25, 0.3) is 0 Å². The summed E-state index contributed by atoms with van der Waals surface area (Å²) in [6.45, 7) is 6.16. The summed E-state index contributed by atoms with van der Waals surface area (Å²) in [4.78, 5) is 17.8. The molecule has 0 aliphatic carbocycles. The number of aromatic nitrogens is 1. The molecule has 0 spiro atoms. The highest BCUT2D eigenvalue weighted by atomic mass is 35.5. The highest BCUT2D eigenvalue weighted by molar-refractivity contribution is 5.86. The molecule has 1 saturated heterocycles. The first kappa shape index (κ1) is 17.8. The highest BCUT2D eigenvalue weighted by Crippen LogP contribution is 2.25. The predicted molar refractivity (Wildman–Crippen MR) is 96.8 cm³/mol. The van der Waals surface area contributed by atoms with Crippen LogP contribution in [0.15, 0.2) is 30.5 Å². The van der Waals surface area contributed by atoms with Gasteiger partial charge in [0.2, 0.25) is 5.91 Å². The molecule has 3 N–H and O–H groups in total. The van der Waals surface area contributed by atoms with Crippen molar-refractivity contribution in [3.8, 4) is 0 Å². The zero-order valence-corrected chi connectivity index (χ0v) is 14.6. The standard InChI is InChI=1S/C18H25N3O.ClH/c1-12(2)13-7-8-21(11-13)18(22)16(19)9-14-10-20-17-6-4-3-5-15(14)17;/h3-6,10,12-13,16,20H,7-9,11,19H2,1-2H3;1H/t13?,16-;/m0./s1. The van der Waals surface area contributed by atoms with Gasteiger partial charge in [-0.05, 0) is 36.3 Å². The summed E-state index contributed by atoms with van der Waals surface area (Å²) >= 11 is 0. The van der Waals surface area contributed by atoms with E-state index in [0.29, 0.717) is 18.3 Å². The molecule has 1 amide bonds. The van der Waals surface area contributed by atoms with Gasteiger partial charge in [-0.2, -0.15) is 0 Å². The third-order valence-corrected chi connectivity index (χ3v) is 4.91. The normalized spacial score (nSPS) is 19.1. The quantitative estimate of drug-likeness (QED) is 0.902. The van der Waals surface area contributed by atoms with Crippen molar-refractivity contribution < 1.29 is 4.79 Å². The smallest absolute Gasteiger partial charge is 0.239 e. The number of fused-ring (bicyclic) bond motifs is 1. The second-order valence-corrected chi connectivity index (χ2v) is 6.75. The summed E-state index contributed by atoms with van der Waals surface area (Å²) in [5, 5.41) is 1.16. The predicted octanol–water partition coefficient (Wildman–Crippen LogP) is 2.96. The number of hydrogen-bond acceptors (Lipinski definition) is 2. The molecule has 2 aromatic rings. The molecule has 1 fully saturated rings. The Bertz CT molecular complexity index is 667. The fourth-order valence-corrected chi connectivity index (χ4v) is 3.39. The third kappa shape index (κ3) is 3.70. The molecule has 1 aliphatic rings. The Morgan fingerprint density at radius 1 is 1.39 bits per heavy atom. The van der Waals surface area contributed by atoms with Crippen LogP contribution < -0.4 is 5.73 Å². The Kier molecular flexibility index (Phi) is 5.71. The Morgan fingerprint density at radius 2 is 2.13 bits per heavy atom. The second-order valence-electron chi connectivity index (χ2n) is 6.75. The van der Waals surface area contributed by atoms with E-state index in [1.165, 1.54) is 0 Å². The Balaban J connectivity index is 0.00000192. The zero-order valence-electron chi connectivity index (χ0n) is 13.8. The maximum Gasteiger partial charge on any atom is 0.239 e. The number of halogens is 1. The van der Waals surface area contributed by atoms with Gasteiger partial charge < -0.3 is 15.6 Å². The summed E-state index contributed by atoms with van der Waals surface area (Å²) in [6.07, 6.45) is 3.66. The van der Waals surface area contributed by atoms with Gasteiger partial charge in [0.05, 0.1) is 6.04 Å². The molecule has 23 heavy (non-hydrogen) atoms. The number of nitrogens with two attached hydrogens (primary N) is 1. The second kappa shape index (κ2) is 7.37. The monoisotopic (exact) mass is 335 g/mol. The van der Waals surface area contributed by atoms with Gasteiger partial charge in [-0.15, -0.1) is 12.4 Å². The molecule has 126 valence electrons. The van der Waals surface area contributed by atoms with Gasteiger partial charge in [0.1, 0.15) is 0 Å².